The summed E-state index contributed by atoms with van der Waals surface area (Å²) >= 11 is 7.01. The van der Waals surface area contributed by atoms with Crippen LogP contribution in [0, 0.1) is 0 Å². The lowest BCUT2D eigenvalue weighted by Gasteiger charge is -2.18. The number of halogens is 2. The van der Waals surface area contributed by atoms with Crippen molar-refractivity contribution in [1.82, 2.24) is 10.4 Å². The van der Waals surface area contributed by atoms with Gasteiger partial charge >= 0.3 is 0 Å². The highest BCUT2D eigenvalue weighted by Gasteiger charge is 2.20. The summed E-state index contributed by atoms with van der Waals surface area (Å²) in [6, 6.07) is 6.23. The third kappa shape index (κ3) is 3.29. The fourth-order valence-electron chi connectivity index (χ4n) is 2.61. The van der Waals surface area contributed by atoms with Crippen LogP contribution >= 0.6 is 31.9 Å². The van der Waals surface area contributed by atoms with Crippen LogP contribution in [0.25, 0.3) is 0 Å². The van der Waals surface area contributed by atoms with Crippen LogP contribution in [0.5, 0.6) is 5.75 Å². The molecule has 6 heteroatoms. The molecule has 0 saturated heterocycles. The maximum absolute atomic E-state index is 5.78. The summed E-state index contributed by atoms with van der Waals surface area (Å²) in [7, 11) is 0. The van der Waals surface area contributed by atoms with Gasteiger partial charge in [0.15, 0.2) is 0 Å². The second kappa shape index (κ2) is 6.44. The average molecular weight is 413 g/mol. The van der Waals surface area contributed by atoms with Gasteiger partial charge in [-0.1, -0.05) is 15.9 Å². The zero-order valence-electron chi connectivity index (χ0n) is 11.3. The van der Waals surface area contributed by atoms with Gasteiger partial charge in [-0.2, -0.15) is 0 Å². The summed E-state index contributed by atoms with van der Waals surface area (Å²) in [4.78, 5) is 4.20. The molecule has 3 rings (SSSR count). The SMILES string of the molecule is NNC(Cc1cc(Br)cc2c1OCC2)c1cncc(Br)c1. The van der Waals surface area contributed by atoms with Crippen LogP contribution in [0.2, 0.25) is 0 Å². The molecule has 0 radical (unpaired) electrons. The van der Waals surface area contributed by atoms with Crippen LogP contribution in [-0.2, 0) is 12.8 Å². The van der Waals surface area contributed by atoms with Crippen molar-refractivity contribution in [3.63, 3.8) is 0 Å². The van der Waals surface area contributed by atoms with Gasteiger partial charge in [-0.3, -0.25) is 16.3 Å². The monoisotopic (exact) mass is 411 g/mol. The standard InChI is InChI=1S/C15H15Br2N3O/c16-12-3-9-1-2-21-15(9)10(4-12)6-14(20-18)11-5-13(17)8-19-7-11/h3-5,7-8,14,20H,1-2,6,18H2. The van der Waals surface area contributed by atoms with Crippen LogP contribution in [0.3, 0.4) is 0 Å². The zero-order valence-corrected chi connectivity index (χ0v) is 14.4. The van der Waals surface area contributed by atoms with Gasteiger partial charge in [0.05, 0.1) is 12.6 Å². The van der Waals surface area contributed by atoms with Crippen molar-refractivity contribution in [2.75, 3.05) is 6.61 Å². The number of aromatic nitrogens is 1. The third-order valence-corrected chi connectivity index (χ3v) is 4.47. The van der Waals surface area contributed by atoms with E-state index >= 15 is 0 Å². The largest absolute Gasteiger partial charge is 0.493 e. The van der Waals surface area contributed by atoms with E-state index in [9.17, 15) is 0 Å². The van der Waals surface area contributed by atoms with Gasteiger partial charge in [-0.25, -0.2) is 0 Å². The number of hydrogen-bond donors (Lipinski definition) is 2. The topological polar surface area (TPSA) is 60.2 Å². The van der Waals surface area contributed by atoms with Gasteiger partial charge in [0.2, 0.25) is 0 Å². The van der Waals surface area contributed by atoms with Crippen molar-refractivity contribution in [1.29, 1.82) is 0 Å². The van der Waals surface area contributed by atoms with Crippen molar-refractivity contribution in [2.45, 2.75) is 18.9 Å². The molecule has 110 valence electrons. The van der Waals surface area contributed by atoms with Gasteiger partial charge in [0.1, 0.15) is 5.75 Å². The van der Waals surface area contributed by atoms with E-state index in [4.69, 9.17) is 10.6 Å². The Hall–Kier alpha value is -0.950. The minimum atomic E-state index is -0.0161. The first kappa shape index (κ1) is 15.0. The molecule has 4 nitrogen and oxygen atoms in total. The summed E-state index contributed by atoms with van der Waals surface area (Å²) in [5.41, 5.74) is 6.32. The van der Waals surface area contributed by atoms with E-state index in [0.29, 0.717) is 0 Å². The minimum absolute atomic E-state index is 0.0161. The molecule has 1 aromatic carbocycles. The summed E-state index contributed by atoms with van der Waals surface area (Å²) < 4.78 is 7.79. The number of nitrogens with zero attached hydrogens (tertiary/aromatic N) is 1. The van der Waals surface area contributed by atoms with Crippen LogP contribution in [-0.4, -0.2) is 11.6 Å². The summed E-state index contributed by atoms with van der Waals surface area (Å²) in [5, 5.41) is 0. The molecule has 0 aliphatic carbocycles. The molecule has 2 heterocycles. The van der Waals surface area contributed by atoms with Crippen LogP contribution < -0.4 is 16.0 Å². The molecule has 0 spiro atoms. The fraction of sp³-hybridized carbons (Fsp3) is 0.267. The molecule has 0 bridgehead atoms. The van der Waals surface area contributed by atoms with E-state index < -0.39 is 0 Å². The molecule has 0 fully saturated rings. The number of hydrogen-bond acceptors (Lipinski definition) is 4. The number of benzene rings is 1. The molecule has 1 aromatic heterocycles. The minimum Gasteiger partial charge on any atom is -0.493 e. The lowest BCUT2D eigenvalue weighted by atomic mass is 9.98. The van der Waals surface area contributed by atoms with Crippen LogP contribution in [0.4, 0.5) is 0 Å². The van der Waals surface area contributed by atoms with E-state index in [2.05, 4.69) is 54.4 Å². The molecule has 2 aromatic rings. The van der Waals surface area contributed by atoms with Crippen molar-refractivity contribution in [3.8, 4) is 5.75 Å². The Morgan fingerprint density at radius 1 is 1.24 bits per heavy atom. The van der Waals surface area contributed by atoms with Crippen molar-refractivity contribution in [2.24, 2.45) is 5.84 Å². The molecule has 0 amide bonds. The Bertz CT molecular complexity index is 663. The number of nitrogens with one attached hydrogen (secondary N) is 1. The summed E-state index contributed by atoms with van der Waals surface area (Å²) in [6.07, 6.45) is 5.29. The van der Waals surface area contributed by atoms with Gasteiger partial charge in [-0.15, -0.1) is 0 Å². The molecular formula is C15H15Br2N3O. The molecule has 21 heavy (non-hydrogen) atoms. The molecule has 1 aliphatic rings. The maximum Gasteiger partial charge on any atom is 0.125 e. The molecular weight excluding hydrogens is 398 g/mol. The first-order chi connectivity index (χ1) is 10.2. The molecule has 0 saturated carbocycles. The van der Waals surface area contributed by atoms with E-state index in [-0.39, 0.29) is 6.04 Å². The quantitative estimate of drug-likeness (QED) is 0.597. The number of pyridine rings is 1. The number of fused-ring (bicyclic) bond motifs is 1. The lowest BCUT2D eigenvalue weighted by molar-refractivity contribution is 0.351. The molecule has 1 atom stereocenters. The Balaban J connectivity index is 1.91. The fourth-order valence-corrected chi connectivity index (χ4v) is 3.54. The van der Waals surface area contributed by atoms with Gasteiger partial charge in [0.25, 0.3) is 0 Å². The van der Waals surface area contributed by atoms with Gasteiger partial charge < -0.3 is 4.74 Å². The predicted molar refractivity (Wildman–Crippen MR) is 89.0 cm³/mol. The highest BCUT2D eigenvalue weighted by molar-refractivity contribution is 9.10. The number of rotatable bonds is 4. The number of nitrogens with two attached hydrogens (primary N) is 1. The molecule has 1 unspecified atom stereocenters. The molecule has 3 N–H and O–H groups in total. The second-order valence-corrected chi connectivity index (χ2v) is 6.84. The van der Waals surface area contributed by atoms with Gasteiger partial charge in [-0.05, 0) is 57.2 Å². The highest BCUT2D eigenvalue weighted by atomic mass is 79.9. The Morgan fingerprint density at radius 2 is 2.10 bits per heavy atom. The highest BCUT2D eigenvalue weighted by Crippen LogP contribution is 2.35. The first-order valence-electron chi connectivity index (χ1n) is 6.68. The lowest BCUT2D eigenvalue weighted by Crippen LogP contribution is -2.29. The average Bonchev–Trinajstić information content (AvgIpc) is 2.92. The second-order valence-electron chi connectivity index (χ2n) is 5.01. The van der Waals surface area contributed by atoms with E-state index in [1.807, 2.05) is 12.3 Å². The third-order valence-electron chi connectivity index (χ3n) is 3.58. The maximum atomic E-state index is 5.78. The van der Waals surface area contributed by atoms with E-state index in [0.717, 1.165) is 45.3 Å². The van der Waals surface area contributed by atoms with Crippen molar-refractivity contribution >= 4 is 31.9 Å². The summed E-state index contributed by atoms with van der Waals surface area (Å²) in [6.45, 7) is 0.748. The smallest absolute Gasteiger partial charge is 0.125 e. The van der Waals surface area contributed by atoms with E-state index in [1.165, 1.54) is 5.56 Å². The van der Waals surface area contributed by atoms with Crippen molar-refractivity contribution in [3.05, 3.63) is 56.2 Å². The van der Waals surface area contributed by atoms with Gasteiger partial charge in [0, 0.05) is 27.8 Å². The Labute approximate surface area is 140 Å². The summed E-state index contributed by atoms with van der Waals surface area (Å²) in [5.74, 6) is 6.74. The first-order valence-corrected chi connectivity index (χ1v) is 8.26. The Kier molecular flexibility index (Phi) is 4.59. The van der Waals surface area contributed by atoms with Crippen LogP contribution in [0.1, 0.15) is 22.7 Å². The predicted octanol–water partition coefficient (Wildman–Crippen LogP) is 3.29. The zero-order chi connectivity index (χ0) is 14.8. The number of ether oxygens (including phenoxy) is 1. The van der Waals surface area contributed by atoms with E-state index in [1.54, 1.807) is 6.20 Å². The normalized spacial score (nSPS) is 14.6. The van der Waals surface area contributed by atoms with Crippen LogP contribution in [0.15, 0.2) is 39.5 Å². The van der Waals surface area contributed by atoms with Crippen molar-refractivity contribution < 1.29 is 4.74 Å². The molecule has 1 aliphatic heterocycles. The number of hydrazine groups is 1. The Morgan fingerprint density at radius 3 is 2.86 bits per heavy atom.